The van der Waals surface area contributed by atoms with Crippen LogP contribution in [0, 0.1) is 0 Å². The van der Waals surface area contributed by atoms with E-state index in [9.17, 15) is 85.9 Å². The lowest BCUT2D eigenvalue weighted by Crippen LogP contribution is -2.42. The highest BCUT2D eigenvalue weighted by Gasteiger charge is 2.51. The lowest BCUT2D eigenvalue weighted by Gasteiger charge is -2.22. The van der Waals surface area contributed by atoms with Crippen LogP contribution < -0.4 is 44.6 Å². The van der Waals surface area contributed by atoms with Crippen molar-refractivity contribution < 1.29 is 132 Å². The Morgan fingerprint density at radius 1 is 0.579 bits per heavy atom. The molecular weight excluding hydrogens is 1180 g/mol. The predicted octanol–water partition coefficient (Wildman–Crippen LogP) is -5.86. The largest absolute Gasteiger partial charge is 0.490 e. The van der Waals surface area contributed by atoms with Gasteiger partial charge in [0.25, 0.3) is 11.1 Å². The van der Waals surface area contributed by atoms with Crippen LogP contribution in [0.3, 0.4) is 0 Å². The molecule has 0 saturated carbocycles. The van der Waals surface area contributed by atoms with E-state index in [1.807, 2.05) is 9.97 Å². The predicted molar refractivity (Wildman–Crippen MR) is 236 cm³/mol. The summed E-state index contributed by atoms with van der Waals surface area (Å²) in [6, 6.07) is 0. The van der Waals surface area contributed by atoms with Gasteiger partial charge in [-0.3, -0.25) is 47.7 Å². The van der Waals surface area contributed by atoms with E-state index in [0.29, 0.717) is 0 Å². The van der Waals surface area contributed by atoms with Crippen molar-refractivity contribution in [1.29, 1.82) is 0 Å². The maximum absolute atomic E-state index is 12.1. The molecule has 428 valence electrons. The molecule has 6 rings (SSSR count). The number of H-pyrrole nitrogens is 4. The number of rotatable bonds is 22. The number of phosphoric acid groups is 6. The molecule has 0 spiro atoms. The van der Waals surface area contributed by atoms with Crippen molar-refractivity contribution >= 4 is 81.5 Å². The molecule has 50 heteroatoms. The summed E-state index contributed by atoms with van der Waals surface area (Å²) in [5.74, 6) is 0. The third-order valence-corrected chi connectivity index (χ3v) is 16.7. The molecule has 76 heavy (non-hydrogen) atoms. The van der Waals surface area contributed by atoms with Gasteiger partial charge in [-0.25, -0.2) is 56.5 Å². The molecule has 2 fully saturated rings. The Bertz CT molecular complexity index is 3290. The standard InChI is InChI=1S/2C13H21N6O16P3/c14-1-2-15-13(23)33-8-5(3-31-37(27,28)35-38(29,30)34-36(24,25)26)32-11(7(8)20)19-4-16-6-9(19)17-12(22)18-10(6)21;14-1-2-15-13(23)33-8-7(20)5(3-31-37(27,28)35-38(29,30)34-36(24,25)26)32-11(8)19-4-16-6-9(19)17-12(22)18-10(6)21/h2*4-5,7-8,11,20H,1-3,14H2,(H,15,23)(H,27,28)(H,29,30)(H2,24,25,26)(H2,17,18,21,22)/t2*5-,7-,8-,11-/m11/s1. The fourth-order valence-electron chi connectivity index (χ4n) is 6.35. The number of alkyl carbamates (subject to hydrolysis) is 2. The minimum absolute atomic E-state index is 0.0137. The molecule has 2 amide bonds. The van der Waals surface area contributed by atoms with Gasteiger partial charge in [-0.05, 0) is 0 Å². The van der Waals surface area contributed by atoms with E-state index in [4.69, 9.17) is 50.0 Å². The molecule has 4 aromatic heterocycles. The molecule has 0 bridgehead atoms. The summed E-state index contributed by atoms with van der Waals surface area (Å²) in [5.41, 5.74) is 5.95. The van der Waals surface area contributed by atoms with Gasteiger partial charge in [-0.1, -0.05) is 0 Å². The van der Waals surface area contributed by atoms with Crippen LogP contribution in [-0.2, 0) is 72.6 Å². The number of hydrogen-bond donors (Lipinski definition) is 18. The Balaban J connectivity index is 0.000000281. The molecule has 0 radical (unpaired) electrons. The Hall–Kier alpha value is -4.58. The number of ether oxygens (including phenoxy) is 4. The number of nitrogens with one attached hydrogen (secondary N) is 6. The Labute approximate surface area is 416 Å². The zero-order valence-electron chi connectivity index (χ0n) is 37.1. The number of nitrogens with zero attached hydrogens (tertiary/aromatic N) is 4. The van der Waals surface area contributed by atoms with Crippen LogP contribution in [0.2, 0.25) is 0 Å². The number of aliphatic hydroxyl groups is 2. The summed E-state index contributed by atoms with van der Waals surface area (Å²) in [6.07, 6.45) is -13.6. The van der Waals surface area contributed by atoms with Gasteiger partial charge in [0.15, 0.2) is 35.7 Å². The molecule has 0 aromatic carbocycles. The number of nitrogens with two attached hydrogens (primary N) is 2. The monoisotopic (exact) mass is 1220 g/mol. The first-order valence-corrected chi connectivity index (χ1v) is 29.0. The molecule has 12 atom stereocenters. The van der Waals surface area contributed by atoms with Crippen molar-refractivity contribution in [1.82, 2.24) is 49.7 Å². The van der Waals surface area contributed by atoms with E-state index in [2.05, 4.69) is 56.9 Å². The van der Waals surface area contributed by atoms with Gasteiger partial charge >= 0.3 is 70.5 Å². The second-order valence-electron chi connectivity index (χ2n) is 14.6. The minimum atomic E-state index is -5.83. The van der Waals surface area contributed by atoms with Gasteiger partial charge in [-0.15, -0.1) is 0 Å². The molecule has 20 N–H and O–H groups in total. The molecule has 4 aromatic rings. The van der Waals surface area contributed by atoms with Crippen molar-refractivity contribution in [3.63, 3.8) is 0 Å². The maximum atomic E-state index is 12.1. The Morgan fingerprint density at radius 2 is 0.974 bits per heavy atom. The molecule has 44 nitrogen and oxygen atoms in total. The first kappa shape index (κ1) is 62.3. The minimum Gasteiger partial charge on any atom is -0.440 e. The van der Waals surface area contributed by atoms with Crippen molar-refractivity contribution in [3.8, 4) is 0 Å². The van der Waals surface area contributed by atoms with Gasteiger partial charge in [-0.2, -0.15) is 17.2 Å². The Kier molecular flexibility index (Phi) is 20.2. The fraction of sp³-hybridized carbons (Fsp3) is 0.538. The normalized spacial score (nSPS) is 25.1. The summed E-state index contributed by atoms with van der Waals surface area (Å²) in [6.45, 7) is -2.24. The van der Waals surface area contributed by atoms with Crippen LogP contribution in [0.15, 0.2) is 31.8 Å². The highest BCUT2D eigenvalue weighted by Crippen LogP contribution is 2.67. The molecule has 2 saturated heterocycles. The van der Waals surface area contributed by atoms with E-state index in [-0.39, 0.29) is 48.5 Å². The summed E-state index contributed by atoms with van der Waals surface area (Å²) < 4.78 is 115. The quantitative estimate of drug-likeness (QED) is 0.0326. The first-order valence-electron chi connectivity index (χ1n) is 19.9. The van der Waals surface area contributed by atoms with Gasteiger partial charge in [0.1, 0.15) is 35.7 Å². The molecule has 4 unspecified atom stereocenters. The van der Waals surface area contributed by atoms with E-state index in [1.54, 1.807) is 0 Å². The summed E-state index contributed by atoms with van der Waals surface area (Å²) >= 11 is 0. The van der Waals surface area contributed by atoms with E-state index < -0.39 is 144 Å². The number of aromatic amines is 4. The first-order chi connectivity index (χ1) is 35.0. The van der Waals surface area contributed by atoms with Crippen LogP contribution in [-0.4, -0.2) is 177 Å². The molecule has 0 aliphatic carbocycles. The SMILES string of the molecule is NCCNC(=O)O[C@@H]1[C@H](O)[C@@H](COP(=O)(O)OP(=O)(O)OP(=O)(O)O)O[C@H]1n1cnc2c(=O)[nH]c(=O)[nH]c21.NCCNC(=O)O[C@H]1[C@@H](O)[C@H](n2cnc3c(=O)[nH]c(=O)[nH]c32)O[C@@H]1COP(=O)(O)OP(=O)(O)OP(=O)(O)O. The van der Waals surface area contributed by atoms with Gasteiger partial charge in [0.2, 0.25) is 0 Å². The zero-order chi connectivity index (χ0) is 56.9. The molecule has 2 aliphatic rings. The Morgan fingerprint density at radius 3 is 1.39 bits per heavy atom. The third kappa shape index (κ3) is 17.2. The second kappa shape index (κ2) is 24.6. The van der Waals surface area contributed by atoms with Crippen LogP contribution >= 0.6 is 46.9 Å². The van der Waals surface area contributed by atoms with Gasteiger partial charge in [0, 0.05) is 26.2 Å². The number of amides is 2. The van der Waals surface area contributed by atoms with Crippen molar-refractivity contribution in [2.45, 2.75) is 49.1 Å². The van der Waals surface area contributed by atoms with Crippen LogP contribution in [0.4, 0.5) is 9.59 Å². The third-order valence-electron chi connectivity index (χ3n) is 9.06. The van der Waals surface area contributed by atoms with Crippen LogP contribution in [0.1, 0.15) is 12.5 Å². The number of aliphatic hydroxyl groups excluding tert-OH is 2. The maximum Gasteiger partial charge on any atom is 0.490 e. The van der Waals surface area contributed by atoms with Gasteiger partial charge < -0.3 is 90.4 Å². The number of imidazole rings is 2. The number of carbonyl (C=O) groups is 2. The van der Waals surface area contributed by atoms with Crippen molar-refractivity contribution in [3.05, 3.63) is 54.3 Å². The molecular formula is C26H42N12O32P6. The topological polar surface area (TPSA) is 674 Å². The molecule has 6 heterocycles. The summed E-state index contributed by atoms with van der Waals surface area (Å²) in [4.78, 5) is 160. The van der Waals surface area contributed by atoms with Crippen LogP contribution in [0.5, 0.6) is 0 Å². The average Bonchev–Trinajstić information content (AvgIpc) is 4.02. The highest BCUT2D eigenvalue weighted by atomic mass is 31.3. The number of phosphoric ester groups is 2. The smallest absolute Gasteiger partial charge is 0.440 e. The lowest BCUT2D eigenvalue weighted by atomic mass is 10.1. The summed E-state index contributed by atoms with van der Waals surface area (Å²) in [5, 5.41) is 26.0. The van der Waals surface area contributed by atoms with E-state index in [0.717, 1.165) is 21.8 Å². The molecule has 2 aliphatic heterocycles. The van der Waals surface area contributed by atoms with Crippen molar-refractivity contribution in [2.24, 2.45) is 11.5 Å². The number of carbonyl (C=O) groups excluding carboxylic acids is 2. The van der Waals surface area contributed by atoms with E-state index >= 15 is 0 Å². The highest BCUT2D eigenvalue weighted by molar-refractivity contribution is 7.67. The lowest BCUT2D eigenvalue weighted by molar-refractivity contribution is -0.0522. The zero-order valence-corrected chi connectivity index (χ0v) is 42.5. The number of fused-ring (bicyclic) bond motifs is 2. The summed E-state index contributed by atoms with van der Waals surface area (Å²) in [7, 11) is -34.1. The van der Waals surface area contributed by atoms with Gasteiger partial charge in [0.05, 0.1) is 25.9 Å². The van der Waals surface area contributed by atoms with E-state index in [1.165, 1.54) is 0 Å². The number of hydrogen-bond acceptors (Lipinski definition) is 28. The fourth-order valence-corrected chi connectivity index (χ4v) is 12.4. The number of aromatic nitrogens is 8. The van der Waals surface area contributed by atoms with Crippen LogP contribution in [0.25, 0.3) is 22.3 Å². The van der Waals surface area contributed by atoms with Crippen molar-refractivity contribution in [2.75, 3.05) is 39.4 Å². The second-order valence-corrected chi connectivity index (χ2v) is 23.4. The average molecular weight is 1220 g/mol.